The van der Waals surface area contributed by atoms with Crippen molar-refractivity contribution in [3.63, 3.8) is 0 Å². The van der Waals surface area contributed by atoms with Crippen molar-refractivity contribution in [2.45, 2.75) is 30.9 Å². The number of halogens is 1. The second-order valence-corrected chi connectivity index (χ2v) is 9.44. The van der Waals surface area contributed by atoms with Crippen molar-refractivity contribution >= 4 is 27.9 Å². The van der Waals surface area contributed by atoms with Gasteiger partial charge < -0.3 is 9.47 Å². The van der Waals surface area contributed by atoms with Crippen LogP contribution in [0.4, 0.5) is 0 Å². The van der Waals surface area contributed by atoms with Crippen LogP contribution in [0.2, 0.25) is 0 Å². The molecule has 6 rings (SSSR count). The Balaban J connectivity index is 1.53. The van der Waals surface area contributed by atoms with Crippen LogP contribution < -0.4 is 0 Å². The van der Waals surface area contributed by atoms with Crippen LogP contribution in [0.5, 0.6) is 0 Å². The van der Waals surface area contributed by atoms with Gasteiger partial charge in [-0.1, -0.05) is 15.9 Å². The molecule has 1 saturated heterocycles. The van der Waals surface area contributed by atoms with Gasteiger partial charge in [0, 0.05) is 18.7 Å². The van der Waals surface area contributed by atoms with Crippen LogP contribution in [0.1, 0.15) is 20.3 Å². The van der Waals surface area contributed by atoms with Crippen LogP contribution in [-0.4, -0.2) is 22.6 Å². The van der Waals surface area contributed by atoms with Crippen molar-refractivity contribution in [1.82, 2.24) is 0 Å². The van der Waals surface area contributed by atoms with E-state index in [-0.39, 0.29) is 5.57 Å². The van der Waals surface area contributed by atoms with Gasteiger partial charge in [-0.25, -0.2) is 9.59 Å². The molecule has 2 unspecified atom stereocenters. The van der Waals surface area contributed by atoms with Gasteiger partial charge in [-0.05, 0) is 59.3 Å². The first-order valence-corrected chi connectivity index (χ1v) is 9.17. The number of cyclic esters (lactones) is 2. The summed E-state index contributed by atoms with van der Waals surface area (Å²) in [5.74, 6) is 3.08. The molecule has 1 aliphatic heterocycles. The van der Waals surface area contributed by atoms with Crippen LogP contribution in [-0.2, 0) is 19.1 Å². The predicted molar refractivity (Wildman–Crippen MR) is 78.5 cm³/mol. The number of hydrogen-bond donors (Lipinski definition) is 0. The third-order valence-corrected chi connectivity index (χ3v) is 8.67. The fraction of sp³-hybridized carbons (Fsp3) is 0.765. The largest absolute Gasteiger partial charge is 0.419 e. The van der Waals surface area contributed by atoms with E-state index in [9.17, 15) is 9.59 Å². The molecular formula is C17H17BrO4. The lowest BCUT2D eigenvalue weighted by atomic mass is 9.58. The monoisotopic (exact) mass is 364 g/mol. The average molecular weight is 365 g/mol. The number of allylic oxidation sites excluding steroid dienone is 1. The van der Waals surface area contributed by atoms with E-state index in [1.165, 1.54) is 6.42 Å². The molecule has 5 saturated carbocycles. The van der Waals surface area contributed by atoms with Crippen LogP contribution in [0.3, 0.4) is 0 Å². The van der Waals surface area contributed by atoms with Crippen LogP contribution in [0.25, 0.3) is 0 Å². The molecule has 0 spiro atoms. The summed E-state index contributed by atoms with van der Waals surface area (Å²) in [6.07, 6.45) is 1.30. The molecule has 4 nitrogen and oxygen atoms in total. The molecule has 0 aromatic rings. The maximum Gasteiger partial charge on any atom is 0.348 e. The summed E-state index contributed by atoms with van der Waals surface area (Å²) in [4.78, 5) is 25.6. The number of alkyl halides is 1. The minimum atomic E-state index is -1.14. The fourth-order valence-electron chi connectivity index (χ4n) is 7.35. The Morgan fingerprint density at radius 3 is 2.32 bits per heavy atom. The number of carbonyl (C=O) groups is 2. The summed E-state index contributed by atoms with van der Waals surface area (Å²) in [5.41, 5.74) is 1.36. The Kier molecular flexibility index (Phi) is 1.90. The summed E-state index contributed by atoms with van der Waals surface area (Å²) in [5, 5.41) is 0. The van der Waals surface area contributed by atoms with Crippen molar-refractivity contribution in [3.8, 4) is 0 Å². The van der Waals surface area contributed by atoms with Gasteiger partial charge in [0.15, 0.2) is 0 Å². The van der Waals surface area contributed by atoms with Crippen molar-refractivity contribution in [2.75, 3.05) is 0 Å². The molecule has 6 fully saturated rings. The highest BCUT2D eigenvalue weighted by molar-refractivity contribution is 9.09. The van der Waals surface area contributed by atoms with Crippen LogP contribution in [0, 0.1) is 47.3 Å². The lowest BCUT2D eigenvalue weighted by Gasteiger charge is -2.48. The molecule has 5 aliphatic carbocycles. The summed E-state index contributed by atoms with van der Waals surface area (Å²) in [6, 6.07) is 0. The molecule has 9 atom stereocenters. The third kappa shape index (κ3) is 1.06. The number of rotatable bonds is 0. The van der Waals surface area contributed by atoms with E-state index in [2.05, 4.69) is 15.9 Å². The Morgan fingerprint density at radius 2 is 1.64 bits per heavy atom. The van der Waals surface area contributed by atoms with E-state index >= 15 is 0 Å². The third-order valence-electron chi connectivity index (χ3n) is 7.45. The standard InChI is InChI=1S/C17H17BrO4/c1-17(2)21-15(19)13(16(20)22-17)11-8-4-3-5-7-6(4)10(11)12(7)14(18)9(5)8/h4-10,12,14H,3H2,1-2H3/t4-,5?,6-,7?,8+,9-,10+,12+,14-/m1/s1. The van der Waals surface area contributed by atoms with Crippen molar-refractivity contribution in [2.24, 2.45) is 47.3 Å². The van der Waals surface area contributed by atoms with Crippen LogP contribution in [0.15, 0.2) is 11.1 Å². The Morgan fingerprint density at radius 1 is 0.955 bits per heavy atom. The van der Waals surface area contributed by atoms with E-state index in [0.29, 0.717) is 34.4 Å². The maximum atomic E-state index is 12.5. The number of fused-ring (bicyclic) bond motifs is 2. The first-order valence-electron chi connectivity index (χ1n) is 8.25. The van der Waals surface area contributed by atoms with Gasteiger partial charge in [-0.3, -0.25) is 0 Å². The van der Waals surface area contributed by atoms with E-state index in [1.807, 2.05) is 0 Å². The zero-order chi connectivity index (χ0) is 15.1. The van der Waals surface area contributed by atoms with E-state index < -0.39 is 17.7 Å². The molecular weight excluding hydrogens is 348 g/mol. The summed E-state index contributed by atoms with van der Waals surface area (Å²) >= 11 is 3.93. The second-order valence-electron chi connectivity index (χ2n) is 8.38. The molecule has 6 aliphatic rings. The molecule has 116 valence electrons. The number of carbonyl (C=O) groups excluding carboxylic acids is 2. The van der Waals surface area contributed by atoms with Gasteiger partial charge in [-0.15, -0.1) is 0 Å². The normalized spacial score (nSPS) is 58.2. The average Bonchev–Trinajstić information content (AvgIpc) is 2.87. The van der Waals surface area contributed by atoms with Crippen molar-refractivity contribution < 1.29 is 19.1 Å². The van der Waals surface area contributed by atoms with E-state index in [4.69, 9.17) is 9.47 Å². The summed E-state index contributed by atoms with van der Waals surface area (Å²) < 4.78 is 10.7. The minimum absolute atomic E-state index is 0.247. The zero-order valence-electron chi connectivity index (χ0n) is 12.4. The molecule has 0 amide bonds. The van der Waals surface area contributed by atoms with Gasteiger partial charge in [0.25, 0.3) is 5.79 Å². The Hall–Kier alpha value is -0.840. The number of hydrogen-bond acceptors (Lipinski definition) is 4. The molecule has 1 heterocycles. The van der Waals surface area contributed by atoms with E-state index in [1.54, 1.807) is 13.8 Å². The minimum Gasteiger partial charge on any atom is -0.419 e. The topological polar surface area (TPSA) is 52.6 Å². The first kappa shape index (κ1) is 12.6. The quantitative estimate of drug-likeness (QED) is 0.286. The van der Waals surface area contributed by atoms with Crippen molar-refractivity contribution in [1.29, 1.82) is 0 Å². The zero-order valence-corrected chi connectivity index (χ0v) is 14.0. The van der Waals surface area contributed by atoms with Gasteiger partial charge >= 0.3 is 11.9 Å². The fourth-order valence-corrected chi connectivity index (χ4v) is 8.75. The Bertz CT molecular complexity index is 673. The van der Waals surface area contributed by atoms with Gasteiger partial charge in [0.1, 0.15) is 5.57 Å². The highest BCUT2D eigenvalue weighted by atomic mass is 79.9. The summed E-state index contributed by atoms with van der Waals surface area (Å²) in [6.45, 7) is 3.22. The van der Waals surface area contributed by atoms with Gasteiger partial charge in [-0.2, -0.15) is 0 Å². The number of ether oxygens (including phenoxy) is 2. The second kappa shape index (κ2) is 3.33. The van der Waals surface area contributed by atoms with Gasteiger partial charge in [0.2, 0.25) is 0 Å². The molecule has 0 aromatic carbocycles. The van der Waals surface area contributed by atoms with Gasteiger partial charge in [0.05, 0.1) is 0 Å². The van der Waals surface area contributed by atoms with Crippen LogP contribution >= 0.6 is 15.9 Å². The first-order chi connectivity index (χ1) is 10.4. The highest BCUT2D eigenvalue weighted by Gasteiger charge is 2.82. The predicted octanol–water partition coefficient (Wildman–Crippen LogP) is 2.27. The molecule has 0 N–H and O–H groups in total. The smallest absolute Gasteiger partial charge is 0.348 e. The lowest BCUT2D eigenvalue weighted by molar-refractivity contribution is -0.222. The Labute approximate surface area is 136 Å². The highest BCUT2D eigenvalue weighted by Crippen LogP contribution is 2.85. The van der Waals surface area contributed by atoms with E-state index in [0.717, 1.165) is 23.3 Å². The molecule has 22 heavy (non-hydrogen) atoms. The maximum absolute atomic E-state index is 12.5. The molecule has 2 bridgehead atoms. The molecule has 0 radical (unpaired) electrons. The SMILES string of the molecule is CC1(C)OC(=O)C(=C2[C@H]3[C@@H]4CC5C6[C@H]([C@H](Br)[C@H]53)[C@H]2[C@@H]64)C(=O)O1. The van der Waals surface area contributed by atoms with Crippen molar-refractivity contribution in [3.05, 3.63) is 11.1 Å². The summed E-state index contributed by atoms with van der Waals surface area (Å²) in [7, 11) is 0. The number of esters is 2. The molecule has 5 heteroatoms. The molecule has 0 aromatic heterocycles. The lowest BCUT2D eigenvalue weighted by Crippen LogP contribution is -2.48.